The first-order chi connectivity index (χ1) is 15.2. The van der Waals surface area contributed by atoms with Crippen molar-refractivity contribution in [2.75, 3.05) is 24.5 Å². The second-order valence-electron chi connectivity index (χ2n) is 7.80. The van der Waals surface area contributed by atoms with E-state index in [0.717, 1.165) is 55.5 Å². The number of rotatable bonds is 6. The molecule has 0 bridgehead atoms. The third kappa shape index (κ3) is 6.44. The molecule has 1 aliphatic heterocycles. The van der Waals surface area contributed by atoms with Gasteiger partial charge in [0.2, 0.25) is 5.89 Å². The van der Waals surface area contributed by atoms with E-state index in [1.165, 1.54) is 5.56 Å². The number of nitrogens with zero attached hydrogens (tertiary/aromatic N) is 4. The number of aromatic nitrogens is 2. The van der Waals surface area contributed by atoms with Crippen LogP contribution < -0.4 is 15.5 Å². The molecule has 0 atom stereocenters. The molecular formula is C24H31IN6O. The van der Waals surface area contributed by atoms with Crippen LogP contribution in [0.25, 0.3) is 11.5 Å². The van der Waals surface area contributed by atoms with Gasteiger partial charge in [0.25, 0.3) is 0 Å². The number of halogens is 1. The maximum atomic E-state index is 5.62. The Morgan fingerprint density at radius 3 is 2.62 bits per heavy atom. The first-order valence-electron chi connectivity index (χ1n) is 10.9. The predicted molar refractivity (Wildman–Crippen MR) is 140 cm³/mol. The third-order valence-corrected chi connectivity index (χ3v) is 5.37. The highest BCUT2D eigenvalue weighted by atomic mass is 127. The van der Waals surface area contributed by atoms with Crippen molar-refractivity contribution in [1.82, 2.24) is 20.6 Å². The number of aryl methyl sites for hydroxylation is 1. The van der Waals surface area contributed by atoms with E-state index in [4.69, 9.17) is 9.41 Å². The largest absolute Gasteiger partial charge is 0.444 e. The minimum atomic E-state index is 0. The van der Waals surface area contributed by atoms with E-state index in [1.54, 1.807) is 6.26 Å². The van der Waals surface area contributed by atoms with Gasteiger partial charge in [-0.2, -0.15) is 0 Å². The van der Waals surface area contributed by atoms with Gasteiger partial charge in [0, 0.05) is 37.4 Å². The van der Waals surface area contributed by atoms with Crippen molar-refractivity contribution in [1.29, 1.82) is 0 Å². The summed E-state index contributed by atoms with van der Waals surface area (Å²) in [5, 5.41) is 6.92. The lowest BCUT2D eigenvalue weighted by molar-refractivity contribution is 0.459. The zero-order chi connectivity index (χ0) is 21.5. The van der Waals surface area contributed by atoms with Crippen LogP contribution in [-0.4, -0.2) is 41.6 Å². The molecule has 1 aromatic carbocycles. The highest BCUT2D eigenvalue weighted by Gasteiger charge is 2.21. The first kappa shape index (κ1) is 24.0. The summed E-state index contributed by atoms with van der Waals surface area (Å²) in [6, 6.07) is 14.5. The van der Waals surface area contributed by atoms with E-state index in [9.17, 15) is 0 Å². The van der Waals surface area contributed by atoms with Gasteiger partial charge >= 0.3 is 0 Å². The molecule has 0 radical (unpaired) electrons. The minimum absolute atomic E-state index is 0. The molecule has 3 aromatic rings. The number of guanidine groups is 1. The second-order valence-corrected chi connectivity index (χ2v) is 7.80. The topological polar surface area (TPSA) is 78.6 Å². The standard InChI is InChI=1S/C24H30N6O.HI/c1-3-25-24(27-16-21-17-31-23(28-21)19-7-5-4-6-8-19)29-20-11-13-30(14-12-20)22-10-9-18(2)15-26-22;/h4-10,15,17,20H,3,11-14,16H2,1-2H3,(H2,25,27,29);1H. The number of benzene rings is 1. The molecule has 8 heteroatoms. The number of anilines is 1. The Morgan fingerprint density at radius 1 is 1.16 bits per heavy atom. The van der Waals surface area contributed by atoms with Crippen molar-refractivity contribution in [3.8, 4) is 11.5 Å². The van der Waals surface area contributed by atoms with Crippen LogP contribution in [0.5, 0.6) is 0 Å². The fraction of sp³-hybridized carbons (Fsp3) is 0.375. The van der Waals surface area contributed by atoms with Gasteiger partial charge in [0.15, 0.2) is 5.96 Å². The van der Waals surface area contributed by atoms with Crippen molar-refractivity contribution in [3.05, 3.63) is 66.2 Å². The maximum absolute atomic E-state index is 5.62. The number of piperidine rings is 1. The minimum Gasteiger partial charge on any atom is -0.444 e. The summed E-state index contributed by atoms with van der Waals surface area (Å²) in [6.07, 6.45) is 5.70. The Balaban J connectivity index is 0.00000289. The Hall–Kier alpha value is -2.62. The van der Waals surface area contributed by atoms with Crippen molar-refractivity contribution in [2.45, 2.75) is 39.3 Å². The summed E-state index contributed by atoms with van der Waals surface area (Å²) in [6.45, 7) is 7.39. The Morgan fingerprint density at radius 2 is 1.94 bits per heavy atom. The zero-order valence-electron chi connectivity index (χ0n) is 18.6. The molecule has 1 fully saturated rings. The Kier molecular flexibility index (Phi) is 8.90. The average molecular weight is 546 g/mol. The number of aliphatic imine (C=N–C) groups is 1. The number of pyridine rings is 1. The molecule has 0 spiro atoms. The summed E-state index contributed by atoms with van der Waals surface area (Å²) in [7, 11) is 0. The SMILES string of the molecule is CCNC(=NCc1coc(-c2ccccc2)n1)NC1CCN(c2ccc(C)cn2)CC1.I. The van der Waals surface area contributed by atoms with Gasteiger partial charge in [0.1, 0.15) is 17.8 Å². The smallest absolute Gasteiger partial charge is 0.226 e. The molecule has 170 valence electrons. The summed E-state index contributed by atoms with van der Waals surface area (Å²) in [5.74, 6) is 2.50. The van der Waals surface area contributed by atoms with Crippen molar-refractivity contribution < 1.29 is 4.42 Å². The van der Waals surface area contributed by atoms with Crippen LogP contribution in [0.1, 0.15) is 31.0 Å². The van der Waals surface area contributed by atoms with Crippen LogP contribution in [0.15, 0.2) is 64.3 Å². The molecule has 4 rings (SSSR count). The Bertz CT molecular complexity index is 981. The van der Waals surface area contributed by atoms with E-state index in [-0.39, 0.29) is 24.0 Å². The quantitative estimate of drug-likeness (QED) is 0.272. The second kappa shape index (κ2) is 11.8. The van der Waals surface area contributed by atoms with Gasteiger partial charge < -0.3 is 20.0 Å². The van der Waals surface area contributed by atoms with E-state index in [0.29, 0.717) is 18.5 Å². The number of nitrogens with one attached hydrogen (secondary N) is 2. The highest BCUT2D eigenvalue weighted by molar-refractivity contribution is 14.0. The molecule has 7 nitrogen and oxygen atoms in total. The molecule has 2 N–H and O–H groups in total. The molecule has 32 heavy (non-hydrogen) atoms. The van der Waals surface area contributed by atoms with E-state index < -0.39 is 0 Å². The number of hydrogen-bond donors (Lipinski definition) is 2. The molecule has 1 aliphatic rings. The van der Waals surface area contributed by atoms with Gasteiger partial charge in [-0.25, -0.2) is 15.0 Å². The van der Waals surface area contributed by atoms with Crippen LogP contribution in [0.2, 0.25) is 0 Å². The molecular weight excluding hydrogens is 515 g/mol. The number of hydrogen-bond acceptors (Lipinski definition) is 5. The third-order valence-electron chi connectivity index (χ3n) is 5.37. The highest BCUT2D eigenvalue weighted by Crippen LogP contribution is 2.19. The first-order valence-corrected chi connectivity index (χ1v) is 10.9. The van der Waals surface area contributed by atoms with Crippen molar-refractivity contribution >= 4 is 35.8 Å². The van der Waals surface area contributed by atoms with Gasteiger partial charge in [-0.15, -0.1) is 24.0 Å². The average Bonchev–Trinajstić information content (AvgIpc) is 3.29. The van der Waals surface area contributed by atoms with E-state index >= 15 is 0 Å². The van der Waals surface area contributed by atoms with Crippen molar-refractivity contribution in [3.63, 3.8) is 0 Å². The molecule has 0 aliphatic carbocycles. The molecule has 3 heterocycles. The lowest BCUT2D eigenvalue weighted by atomic mass is 10.1. The van der Waals surface area contributed by atoms with Crippen LogP contribution in [0.3, 0.4) is 0 Å². The predicted octanol–water partition coefficient (Wildman–Crippen LogP) is 4.39. The van der Waals surface area contributed by atoms with Gasteiger partial charge in [-0.05, 0) is 50.5 Å². The van der Waals surface area contributed by atoms with Gasteiger partial charge in [-0.1, -0.05) is 24.3 Å². The monoisotopic (exact) mass is 546 g/mol. The summed E-state index contributed by atoms with van der Waals surface area (Å²) in [4.78, 5) is 16.2. The van der Waals surface area contributed by atoms with E-state index in [1.807, 2.05) is 36.5 Å². The normalized spacial score (nSPS) is 14.7. The fourth-order valence-corrected chi connectivity index (χ4v) is 3.67. The summed E-state index contributed by atoms with van der Waals surface area (Å²) >= 11 is 0. The summed E-state index contributed by atoms with van der Waals surface area (Å²) < 4.78 is 5.62. The lowest BCUT2D eigenvalue weighted by Crippen LogP contribution is -2.48. The molecule has 2 aromatic heterocycles. The molecule has 0 unspecified atom stereocenters. The summed E-state index contributed by atoms with van der Waals surface area (Å²) in [5.41, 5.74) is 2.98. The van der Waals surface area contributed by atoms with E-state index in [2.05, 4.69) is 51.5 Å². The van der Waals surface area contributed by atoms with Crippen LogP contribution in [0.4, 0.5) is 5.82 Å². The van der Waals surface area contributed by atoms with Gasteiger partial charge in [0.05, 0.1) is 6.54 Å². The fourth-order valence-electron chi connectivity index (χ4n) is 3.67. The Labute approximate surface area is 206 Å². The van der Waals surface area contributed by atoms with Crippen LogP contribution >= 0.6 is 24.0 Å². The van der Waals surface area contributed by atoms with Crippen molar-refractivity contribution in [2.24, 2.45) is 4.99 Å². The zero-order valence-corrected chi connectivity index (χ0v) is 21.0. The molecule has 0 amide bonds. The van der Waals surface area contributed by atoms with Gasteiger partial charge in [-0.3, -0.25) is 0 Å². The number of oxazole rings is 1. The van der Waals surface area contributed by atoms with Crippen LogP contribution in [-0.2, 0) is 6.54 Å². The maximum Gasteiger partial charge on any atom is 0.226 e. The lowest BCUT2D eigenvalue weighted by Gasteiger charge is -2.33. The molecule has 1 saturated heterocycles. The van der Waals surface area contributed by atoms with Crippen LogP contribution in [0, 0.1) is 6.92 Å². The molecule has 0 saturated carbocycles.